The highest BCUT2D eigenvalue weighted by atomic mass is 19.1. The van der Waals surface area contributed by atoms with E-state index in [2.05, 4.69) is 0 Å². The molecule has 6 heteroatoms. The van der Waals surface area contributed by atoms with Crippen LogP contribution < -0.4 is 0 Å². The zero-order valence-corrected chi connectivity index (χ0v) is 14.3. The van der Waals surface area contributed by atoms with Crippen molar-refractivity contribution in [1.29, 1.82) is 0 Å². The van der Waals surface area contributed by atoms with E-state index in [-0.39, 0.29) is 17.6 Å². The molecule has 2 amide bonds. The number of benzene rings is 1. The maximum atomic E-state index is 13.7. The fourth-order valence-corrected chi connectivity index (χ4v) is 3.44. The van der Waals surface area contributed by atoms with Gasteiger partial charge >= 0.3 is 0 Å². The van der Waals surface area contributed by atoms with Crippen molar-refractivity contribution in [3.63, 3.8) is 0 Å². The topological polar surface area (TPSA) is 53.8 Å². The van der Waals surface area contributed by atoms with Gasteiger partial charge in [-0.1, -0.05) is 12.1 Å². The van der Waals surface area contributed by atoms with Gasteiger partial charge in [0, 0.05) is 20.5 Å². The second-order valence-electron chi connectivity index (χ2n) is 6.42. The van der Waals surface area contributed by atoms with Crippen LogP contribution in [0.15, 0.2) is 47.1 Å². The van der Waals surface area contributed by atoms with Gasteiger partial charge in [-0.3, -0.25) is 9.59 Å². The van der Waals surface area contributed by atoms with Crippen molar-refractivity contribution < 1.29 is 18.4 Å². The van der Waals surface area contributed by atoms with Crippen molar-refractivity contribution in [2.24, 2.45) is 5.92 Å². The Labute approximate surface area is 146 Å². The zero-order chi connectivity index (χ0) is 18.0. The fraction of sp³-hybridized carbons (Fsp3) is 0.368. The second kappa shape index (κ2) is 7.09. The average molecular weight is 344 g/mol. The van der Waals surface area contributed by atoms with Gasteiger partial charge in [0.15, 0.2) is 0 Å². The molecule has 2 aromatic rings. The van der Waals surface area contributed by atoms with Crippen molar-refractivity contribution in [2.45, 2.75) is 25.4 Å². The minimum Gasteiger partial charge on any atom is -0.467 e. The number of rotatable bonds is 4. The first kappa shape index (κ1) is 17.2. The lowest BCUT2D eigenvalue weighted by Crippen LogP contribution is -2.46. The third-order valence-electron chi connectivity index (χ3n) is 4.72. The maximum Gasteiger partial charge on any atom is 0.228 e. The smallest absolute Gasteiger partial charge is 0.228 e. The van der Waals surface area contributed by atoms with E-state index in [0.29, 0.717) is 30.7 Å². The van der Waals surface area contributed by atoms with Crippen LogP contribution in [0.1, 0.15) is 30.2 Å². The number of likely N-dealkylation sites (tertiary alicyclic amines) is 1. The van der Waals surface area contributed by atoms with Crippen LogP contribution in [0.3, 0.4) is 0 Å². The molecule has 25 heavy (non-hydrogen) atoms. The Kier molecular flexibility index (Phi) is 4.88. The summed E-state index contributed by atoms with van der Waals surface area (Å²) in [5, 5.41) is 0. The molecule has 3 rings (SSSR count). The van der Waals surface area contributed by atoms with E-state index in [0.717, 1.165) is 0 Å². The highest BCUT2D eigenvalue weighted by molar-refractivity contribution is 5.84. The average Bonchev–Trinajstić information content (AvgIpc) is 3.09. The molecule has 1 aromatic heterocycles. The third kappa shape index (κ3) is 3.57. The first-order valence-corrected chi connectivity index (χ1v) is 8.26. The summed E-state index contributed by atoms with van der Waals surface area (Å²) in [7, 11) is 3.38. The first-order chi connectivity index (χ1) is 12.0. The predicted octanol–water partition coefficient (Wildman–Crippen LogP) is 2.99. The Morgan fingerprint density at radius 3 is 2.84 bits per heavy atom. The Morgan fingerprint density at radius 1 is 1.36 bits per heavy atom. The molecule has 2 heterocycles. The molecule has 1 fully saturated rings. The number of piperidine rings is 1. The molecule has 0 unspecified atom stereocenters. The van der Waals surface area contributed by atoms with E-state index in [1.54, 1.807) is 48.4 Å². The van der Waals surface area contributed by atoms with Crippen LogP contribution in [0.5, 0.6) is 0 Å². The van der Waals surface area contributed by atoms with Gasteiger partial charge in [0.05, 0.1) is 24.8 Å². The predicted molar refractivity (Wildman–Crippen MR) is 89.8 cm³/mol. The molecule has 1 aliphatic rings. The first-order valence-electron chi connectivity index (χ1n) is 8.26. The summed E-state index contributed by atoms with van der Waals surface area (Å²) in [4.78, 5) is 28.3. The van der Waals surface area contributed by atoms with Crippen LogP contribution in [-0.2, 0) is 16.1 Å². The van der Waals surface area contributed by atoms with E-state index in [9.17, 15) is 14.0 Å². The maximum absolute atomic E-state index is 13.7. The molecule has 1 saturated heterocycles. The van der Waals surface area contributed by atoms with Crippen LogP contribution in [-0.4, -0.2) is 35.7 Å². The number of carbonyl (C=O) groups excluding carboxylic acids is 2. The fourth-order valence-electron chi connectivity index (χ4n) is 3.44. The molecule has 1 aromatic carbocycles. The number of furan rings is 1. The zero-order valence-electron chi connectivity index (χ0n) is 14.3. The molecule has 0 spiro atoms. The van der Waals surface area contributed by atoms with Gasteiger partial charge < -0.3 is 14.2 Å². The van der Waals surface area contributed by atoms with Crippen molar-refractivity contribution in [2.75, 3.05) is 14.1 Å². The van der Waals surface area contributed by atoms with Gasteiger partial charge in [-0.2, -0.15) is 0 Å². The Morgan fingerprint density at radius 2 is 2.16 bits per heavy atom. The van der Waals surface area contributed by atoms with Crippen LogP contribution in [0.4, 0.5) is 4.39 Å². The monoisotopic (exact) mass is 344 g/mol. The summed E-state index contributed by atoms with van der Waals surface area (Å²) in [5.74, 6) is -0.209. The molecule has 1 aliphatic heterocycles. The number of hydrogen-bond donors (Lipinski definition) is 0. The number of hydrogen-bond acceptors (Lipinski definition) is 3. The molecule has 132 valence electrons. The standard InChI is InChI=1S/C19H21FN2O3/c1-21(12-15-7-4-10-25-15)19(24)16-8-9-17(23)22(2)18(16)13-5-3-6-14(20)11-13/h3-7,10-11,16,18H,8-9,12H2,1-2H3/t16-,18+/m1/s1. The van der Waals surface area contributed by atoms with Crippen molar-refractivity contribution in [1.82, 2.24) is 9.80 Å². The lowest BCUT2D eigenvalue weighted by atomic mass is 9.83. The molecule has 0 aliphatic carbocycles. The molecular weight excluding hydrogens is 323 g/mol. The Bertz CT molecular complexity index is 760. The van der Waals surface area contributed by atoms with Gasteiger partial charge in [0.2, 0.25) is 11.8 Å². The molecule has 5 nitrogen and oxygen atoms in total. The summed E-state index contributed by atoms with van der Waals surface area (Å²) in [6.07, 6.45) is 2.33. The summed E-state index contributed by atoms with van der Waals surface area (Å²) in [6, 6.07) is 9.23. The van der Waals surface area contributed by atoms with E-state index >= 15 is 0 Å². The van der Waals surface area contributed by atoms with Gasteiger partial charge in [0.1, 0.15) is 11.6 Å². The summed E-state index contributed by atoms with van der Waals surface area (Å²) in [5.41, 5.74) is 0.639. The summed E-state index contributed by atoms with van der Waals surface area (Å²) >= 11 is 0. The number of carbonyl (C=O) groups is 2. The second-order valence-corrected chi connectivity index (χ2v) is 6.42. The lowest BCUT2D eigenvalue weighted by Gasteiger charge is -2.39. The van der Waals surface area contributed by atoms with Crippen LogP contribution in [0.25, 0.3) is 0 Å². The lowest BCUT2D eigenvalue weighted by molar-refractivity contribution is -0.146. The van der Waals surface area contributed by atoms with Crippen molar-refractivity contribution in [3.8, 4) is 0 Å². The van der Waals surface area contributed by atoms with Gasteiger partial charge in [-0.05, 0) is 36.2 Å². The molecule has 0 saturated carbocycles. The van der Waals surface area contributed by atoms with Crippen LogP contribution >= 0.6 is 0 Å². The largest absolute Gasteiger partial charge is 0.467 e. The molecular formula is C19H21FN2O3. The molecule has 0 bridgehead atoms. The van der Waals surface area contributed by atoms with Crippen LogP contribution in [0, 0.1) is 11.7 Å². The Hall–Kier alpha value is -2.63. The normalized spacial score (nSPS) is 20.6. The van der Waals surface area contributed by atoms with Gasteiger partial charge in [-0.15, -0.1) is 0 Å². The van der Waals surface area contributed by atoms with E-state index < -0.39 is 12.0 Å². The van der Waals surface area contributed by atoms with Crippen molar-refractivity contribution >= 4 is 11.8 Å². The minimum absolute atomic E-state index is 0.0352. The SMILES string of the molecule is CN(Cc1ccco1)C(=O)[C@@H]1CCC(=O)N(C)[C@H]1c1cccc(F)c1. The van der Waals surface area contributed by atoms with E-state index in [1.165, 1.54) is 12.1 Å². The van der Waals surface area contributed by atoms with Crippen molar-refractivity contribution in [3.05, 3.63) is 59.8 Å². The highest BCUT2D eigenvalue weighted by Crippen LogP contribution is 2.37. The minimum atomic E-state index is -0.469. The number of nitrogens with zero attached hydrogens (tertiary/aromatic N) is 2. The van der Waals surface area contributed by atoms with Gasteiger partial charge in [-0.25, -0.2) is 4.39 Å². The molecule has 0 N–H and O–H groups in total. The third-order valence-corrected chi connectivity index (χ3v) is 4.72. The summed E-state index contributed by atoms with van der Waals surface area (Å²) in [6.45, 7) is 0.357. The van der Waals surface area contributed by atoms with E-state index in [1.807, 2.05) is 6.07 Å². The number of amides is 2. The molecule has 0 radical (unpaired) electrons. The number of halogens is 1. The molecule has 2 atom stereocenters. The summed E-state index contributed by atoms with van der Waals surface area (Å²) < 4.78 is 19.0. The Balaban J connectivity index is 1.86. The van der Waals surface area contributed by atoms with Crippen LogP contribution in [0.2, 0.25) is 0 Å². The highest BCUT2D eigenvalue weighted by Gasteiger charge is 2.40. The van der Waals surface area contributed by atoms with Gasteiger partial charge in [0.25, 0.3) is 0 Å². The quantitative estimate of drug-likeness (QED) is 0.857. The van der Waals surface area contributed by atoms with E-state index in [4.69, 9.17) is 4.42 Å².